The van der Waals surface area contributed by atoms with Gasteiger partial charge in [0.15, 0.2) is 11.8 Å². The molecule has 3 aromatic rings. The Kier molecular flexibility index (Phi) is 7.16. The number of amides is 2. The minimum absolute atomic E-state index is 0.144. The molecule has 202 valence electrons. The van der Waals surface area contributed by atoms with Crippen molar-refractivity contribution >= 4 is 52.9 Å². The summed E-state index contributed by atoms with van der Waals surface area (Å²) in [6.45, 7) is -0.617. The number of nitrogens with one attached hydrogen (secondary N) is 1. The first-order valence-corrected chi connectivity index (χ1v) is 13.4. The van der Waals surface area contributed by atoms with Crippen LogP contribution in [-0.4, -0.2) is 86.3 Å². The number of fused-ring (bicyclic) bond motifs is 2. The molecule has 4 heterocycles. The lowest BCUT2D eigenvalue weighted by Gasteiger charge is -2.49. The third-order valence-electron chi connectivity index (χ3n) is 6.01. The van der Waals surface area contributed by atoms with Gasteiger partial charge in [0.25, 0.3) is 11.8 Å². The molecule has 14 nitrogen and oxygen atoms in total. The molecule has 2 aliphatic rings. The number of rotatable bonds is 9. The fourth-order valence-corrected chi connectivity index (χ4v) is 6.51. The highest BCUT2D eigenvalue weighted by Gasteiger charge is 2.54. The van der Waals surface area contributed by atoms with Crippen LogP contribution in [0, 0.1) is 0 Å². The molecule has 1 aromatic carbocycles. The fourth-order valence-electron chi connectivity index (χ4n) is 4.17. The largest absolute Gasteiger partial charge is 0.480 e. The number of carboxylic acids is 2. The molecular weight excluding hydrogens is 552 g/mol. The van der Waals surface area contributed by atoms with Crippen LogP contribution in [0.15, 0.2) is 63.6 Å². The molecule has 2 aromatic heterocycles. The molecule has 3 atom stereocenters. The van der Waals surface area contributed by atoms with E-state index in [1.165, 1.54) is 17.8 Å². The average molecular weight is 573 g/mol. The summed E-state index contributed by atoms with van der Waals surface area (Å²) in [5.41, 5.74) is 0.0605. The van der Waals surface area contributed by atoms with E-state index in [4.69, 9.17) is 5.11 Å². The number of nitrogens with zero attached hydrogens (tertiary/aromatic N) is 5. The van der Waals surface area contributed by atoms with Crippen molar-refractivity contribution in [2.45, 2.75) is 29.1 Å². The number of hydrogen-bond donors (Lipinski definition) is 4. The molecule has 1 saturated heterocycles. The van der Waals surface area contributed by atoms with Crippen LogP contribution < -0.4 is 11.0 Å². The number of aromatic nitrogens is 4. The van der Waals surface area contributed by atoms with Crippen LogP contribution in [0.3, 0.4) is 0 Å². The highest BCUT2D eigenvalue weighted by Crippen LogP contribution is 2.41. The van der Waals surface area contributed by atoms with E-state index in [9.17, 15) is 34.2 Å². The van der Waals surface area contributed by atoms with Gasteiger partial charge in [-0.25, -0.2) is 9.59 Å². The van der Waals surface area contributed by atoms with Crippen molar-refractivity contribution in [1.29, 1.82) is 0 Å². The Bertz CT molecular complexity index is 1590. The number of aliphatic hydroxyl groups excluding tert-OH is 1. The second-order valence-electron chi connectivity index (χ2n) is 8.53. The molecule has 0 aliphatic carbocycles. The summed E-state index contributed by atoms with van der Waals surface area (Å²) in [4.78, 5) is 62.0. The zero-order valence-corrected chi connectivity index (χ0v) is 21.5. The molecule has 2 unspecified atom stereocenters. The van der Waals surface area contributed by atoms with Gasteiger partial charge in [0, 0.05) is 11.5 Å². The third kappa shape index (κ3) is 5.00. The van der Waals surface area contributed by atoms with Crippen molar-refractivity contribution in [1.82, 2.24) is 29.6 Å². The SMILES string of the molecule is O=C(O)Cn1nc2ccc(SCC3=C(C(=O)O)N4C(=O)C(NC(=O)C(O)c5ccccc5)[C@@H]4SC3)nn2c1=O. The predicted octanol–water partition coefficient (Wildman–Crippen LogP) is -0.460. The molecule has 0 spiro atoms. The lowest BCUT2D eigenvalue weighted by molar-refractivity contribution is -0.151. The Morgan fingerprint density at radius 2 is 1.85 bits per heavy atom. The zero-order chi connectivity index (χ0) is 27.8. The van der Waals surface area contributed by atoms with E-state index >= 15 is 0 Å². The predicted molar refractivity (Wildman–Crippen MR) is 137 cm³/mol. The average Bonchev–Trinajstić information content (AvgIpc) is 3.23. The normalized spacial score (nSPS) is 19.4. The number of thioether (sulfide) groups is 2. The van der Waals surface area contributed by atoms with Crippen LogP contribution >= 0.6 is 23.5 Å². The maximum Gasteiger partial charge on any atom is 0.367 e. The summed E-state index contributed by atoms with van der Waals surface area (Å²) in [6, 6.07) is 10.3. The monoisotopic (exact) mass is 572 g/mol. The second-order valence-corrected chi connectivity index (χ2v) is 10.6. The lowest BCUT2D eigenvalue weighted by Crippen LogP contribution is -2.70. The van der Waals surface area contributed by atoms with Crippen LogP contribution in [0.4, 0.5) is 0 Å². The van der Waals surface area contributed by atoms with Crippen LogP contribution in [0.25, 0.3) is 5.65 Å². The molecule has 0 bridgehead atoms. The maximum atomic E-state index is 12.9. The van der Waals surface area contributed by atoms with E-state index in [1.807, 2.05) is 0 Å². The Morgan fingerprint density at radius 3 is 2.54 bits per heavy atom. The first-order chi connectivity index (χ1) is 18.7. The summed E-state index contributed by atoms with van der Waals surface area (Å²) < 4.78 is 1.73. The van der Waals surface area contributed by atoms with Gasteiger partial charge in [-0.15, -0.1) is 28.6 Å². The Labute approximate surface area is 227 Å². The molecular formula is C23H20N6O8S2. The smallest absolute Gasteiger partial charge is 0.367 e. The van der Waals surface area contributed by atoms with Crippen molar-refractivity contribution in [2.24, 2.45) is 0 Å². The summed E-state index contributed by atoms with van der Waals surface area (Å²) >= 11 is 2.42. The zero-order valence-electron chi connectivity index (χ0n) is 19.8. The number of hydrogen-bond acceptors (Lipinski definition) is 10. The van der Waals surface area contributed by atoms with E-state index in [0.29, 0.717) is 16.2 Å². The molecule has 2 amide bonds. The standard InChI is InChI=1S/C23H20N6O8S2/c30-15(31)8-27-23(37)29-13(25-27)6-7-14(26-29)38-9-12-10-39-21-16(20(34)28(21)17(12)22(35)36)24-19(33)18(32)11-4-2-1-3-5-11/h1-7,16,18,21,32H,8-10H2,(H,24,33)(H,30,31)(H,35,36)/t16?,18?,21-/m0/s1. The number of β-lactam (4-membered cyclic amide) rings is 1. The number of benzene rings is 1. The molecule has 0 radical (unpaired) electrons. The number of carboxylic acid groups (broad SMARTS) is 2. The molecule has 5 rings (SSSR count). The Morgan fingerprint density at radius 1 is 1.10 bits per heavy atom. The number of carbonyl (C=O) groups is 4. The van der Waals surface area contributed by atoms with E-state index in [2.05, 4.69) is 15.5 Å². The van der Waals surface area contributed by atoms with E-state index in [-0.39, 0.29) is 22.8 Å². The van der Waals surface area contributed by atoms with Gasteiger partial charge in [-0.1, -0.05) is 30.3 Å². The second kappa shape index (κ2) is 10.5. The van der Waals surface area contributed by atoms with Crippen molar-refractivity contribution in [3.8, 4) is 0 Å². The minimum atomic E-state index is -1.48. The van der Waals surface area contributed by atoms with Gasteiger partial charge in [-0.05, 0) is 23.3 Å². The van der Waals surface area contributed by atoms with Gasteiger partial charge in [0.1, 0.15) is 28.7 Å². The molecule has 0 saturated carbocycles. The fraction of sp³-hybridized carbons (Fsp3) is 0.261. The molecule has 4 N–H and O–H groups in total. The maximum absolute atomic E-state index is 12.9. The van der Waals surface area contributed by atoms with Gasteiger partial charge >= 0.3 is 17.6 Å². The van der Waals surface area contributed by atoms with Crippen LogP contribution in [-0.2, 0) is 25.7 Å². The Balaban J connectivity index is 1.29. The van der Waals surface area contributed by atoms with Crippen LogP contribution in [0.5, 0.6) is 0 Å². The number of aliphatic carboxylic acids is 2. The van der Waals surface area contributed by atoms with Crippen LogP contribution in [0.1, 0.15) is 11.7 Å². The Hall–Kier alpha value is -4.15. The van der Waals surface area contributed by atoms with Crippen molar-refractivity contribution in [3.63, 3.8) is 0 Å². The van der Waals surface area contributed by atoms with Gasteiger partial charge in [0.2, 0.25) is 0 Å². The van der Waals surface area contributed by atoms with Crippen molar-refractivity contribution in [2.75, 3.05) is 11.5 Å². The third-order valence-corrected chi connectivity index (χ3v) is 8.35. The molecule has 1 fully saturated rings. The molecule has 2 aliphatic heterocycles. The van der Waals surface area contributed by atoms with Gasteiger partial charge < -0.3 is 20.6 Å². The van der Waals surface area contributed by atoms with E-state index in [1.54, 1.807) is 36.4 Å². The summed E-state index contributed by atoms with van der Waals surface area (Å²) in [5, 5.41) is 39.4. The minimum Gasteiger partial charge on any atom is -0.480 e. The van der Waals surface area contributed by atoms with E-state index < -0.39 is 53.5 Å². The summed E-state index contributed by atoms with van der Waals surface area (Å²) in [5.74, 6) is -3.48. The highest BCUT2D eigenvalue weighted by molar-refractivity contribution is 8.01. The first-order valence-electron chi connectivity index (χ1n) is 11.4. The van der Waals surface area contributed by atoms with Crippen molar-refractivity contribution in [3.05, 3.63) is 69.8 Å². The van der Waals surface area contributed by atoms with E-state index in [0.717, 1.165) is 25.9 Å². The molecule has 39 heavy (non-hydrogen) atoms. The summed E-state index contributed by atoms with van der Waals surface area (Å²) in [6.07, 6.45) is -1.48. The first kappa shape index (κ1) is 26.5. The highest BCUT2D eigenvalue weighted by atomic mass is 32.2. The van der Waals surface area contributed by atoms with Crippen molar-refractivity contribution < 1.29 is 34.5 Å². The number of aliphatic hydroxyl groups is 1. The van der Waals surface area contributed by atoms with Crippen LogP contribution in [0.2, 0.25) is 0 Å². The topological polar surface area (TPSA) is 196 Å². The summed E-state index contributed by atoms with van der Waals surface area (Å²) in [7, 11) is 0. The van der Waals surface area contributed by atoms with Gasteiger partial charge in [-0.3, -0.25) is 19.3 Å². The van der Waals surface area contributed by atoms with Gasteiger partial charge in [-0.2, -0.15) is 14.3 Å². The lowest BCUT2D eigenvalue weighted by atomic mass is 10.0. The number of carbonyl (C=O) groups excluding carboxylic acids is 2. The quantitative estimate of drug-likeness (QED) is 0.190. The molecule has 16 heteroatoms. The van der Waals surface area contributed by atoms with Gasteiger partial charge in [0.05, 0.1) is 0 Å².